The summed E-state index contributed by atoms with van der Waals surface area (Å²) in [6.45, 7) is 4.81. The molecule has 140 valence electrons. The summed E-state index contributed by atoms with van der Waals surface area (Å²) < 4.78 is 1.28. The van der Waals surface area contributed by atoms with Crippen molar-refractivity contribution >= 4 is 27.5 Å². The van der Waals surface area contributed by atoms with Crippen LogP contribution in [0, 0.1) is 5.92 Å². The highest BCUT2D eigenvalue weighted by molar-refractivity contribution is 7.18. The van der Waals surface area contributed by atoms with Gasteiger partial charge in [-0.25, -0.2) is 4.98 Å². The summed E-state index contributed by atoms with van der Waals surface area (Å²) in [5.74, 6) is 1.38. The molecule has 0 spiro atoms. The van der Waals surface area contributed by atoms with Crippen LogP contribution in [0.3, 0.4) is 0 Å². The van der Waals surface area contributed by atoms with Crippen molar-refractivity contribution in [1.29, 1.82) is 0 Å². The normalized spacial score (nSPS) is 25.4. The van der Waals surface area contributed by atoms with Crippen LogP contribution in [0.15, 0.2) is 24.3 Å². The zero-order chi connectivity index (χ0) is 17.9. The molecule has 2 aromatic rings. The van der Waals surface area contributed by atoms with Gasteiger partial charge in [0.05, 0.1) is 21.8 Å². The number of rotatable bonds is 4. The van der Waals surface area contributed by atoms with Crippen molar-refractivity contribution in [3.63, 3.8) is 0 Å². The number of fused-ring (bicyclic) bond motifs is 1. The van der Waals surface area contributed by atoms with E-state index in [2.05, 4.69) is 41.4 Å². The van der Waals surface area contributed by atoms with Gasteiger partial charge in [-0.15, -0.1) is 11.3 Å². The molecule has 5 heteroatoms. The van der Waals surface area contributed by atoms with Crippen LogP contribution in [0.1, 0.15) is 56.4 Å². The second kappa shape index (κ2) is 8.05. The summed E-state index contributed by atoms with van der Waals surface area (Å²) in [7, 11) is 0. The molecule has 2 heterocycles. The molecule has 1 aromatic heterocycles. The van der Waals surface area contributed by atoms with E-state index in [1.165, 1.54) is 29.0 Å². The lowest BCUT2D eigenvalue weighted by Gasteiger charge is -2.33. The van der Waals surface area contributed by atoms with Crippen LogP contribution in [0.25, 0.3) is 10.2 Å². The van der Waals surface area contributed by atoms with Crippen LogP contribution in [-0.2, 0) is 4.79 Å². The van der Waals surface area contributed by atoms with Crippen LogP contribution in [-0.4, -0.2) is 41.5 Å². The summed E-state index contributed by atoms with van der Waals surface area (Å²) in [6, 6.07) is 8.78. The molecule has 1 saturated heterocycles. The first kappa shape index (κ1) is 17.9. The monoisotopic (exact) mass is 371 g/mol. The van der Waals surface area contributed by atoms with Crippen molar-refractivity contribution < 1.29 is 4.79 Å². The zero-order valence-corrected chi connectivity index (χ0v) is 16.4. The molecular weight excluding hydrogens is 342 g/mol. The Labute approximate surface area is 160 Å². The second-order valence-corrected chi connectivity index (χ2v) is 9.07. The molecule has 1 saturated carbocycles. The number of para-hydroxylation sites is 1. The molecule has 1 aliphatic carbocycles. The average molecular weight is 372 g/mol. The lowest BCUT2D eigenvalue weighted by Crippen LogP contribution is -2.47. The Morgan fingerprint density at radius 2 is 1.96 bits per heavy atom. The Morgan fingerprint density at radius 3 is 2.73 bits per heavy atom. The van der Waals surface area contributed by atoms with Crippen molar-refractivity contribution in [2.24, 2.45) is 5.92 Å². The third kappa shape index (κ3) is 4.09. The maximum absolute atomic E-state index is 12.4. The largest absolute Gasteiger partial charge is 0.352 e. The Balaban J connectivity index is 1.27. The van der Waals surface area contributed by atoms with Crippen LogP contribution >= 0.6 is 11.3 Å². The first-order valence-corrected chi connectivity index (χ1v) is 10.9. The van der Waals surface area contributed by atoms with E-state index in [1.807, 2.05) is 11.3 Å². The van der Waals surface area contributed by atoms with Crippen molar-refractivity contribution in [2.75, 3.05) is 19.6 Å². The second-order valence-electron chi connectivity index (χ2n) is 8.01. The molecule has 4 nitrogen and oxygen atoms in total. The number of nitrogens with zero attached hydrogens (tertiary/aromatic N) is 2. The standard InChI is InChI=1S/C21H29N3OS/c1-15-6-2-3-7-17(15)22-20(25)14-24-12-10-16(11-13-24)21-23-18-8-4-5-9-19(18)26-21/h4-5,8-9,15-17H,2-3,6-7,10-14H2,1H3,(H,22,25)/t15-,17+/m1/s1. The third-order valence-electron chi connectivity index (χ3n) is 6.07. The molecular formula is C21H29N3OS. The number of benzene rings is 1. The van der Waals surface area contributed by atoms with Gasteiger partial charge in [0.15, 0.2) is 0 Å². The molecule has 0 radical (unpaired) electrons. The minimum Gasteiger partial charge on any atom is -0.352 e. The van der Waals surface area contributed by atoms with Gasteiger partial charge in [-0.2, -0.15) is 0 Å². The number of aromatic nitrogens is 1. The Hall–Kier alpha value is -1.46. The number of carbonyl (C=O) groups excluding carboxylic acids is 1. The van der Waals surface area contributed by atoms with Gasteiger partial charge in [0.1, 0.15) is 0 Å². The predicted octanol–water partition coefficient (Wildman–Crippen LogP) is 4.17. The number of piperidine rings is 1. The molecule has 1 N–H and O–H groups in total. The summed E-state index contributed by atoms with van der Waals surface area (Å²) in [5.41, 5.74) is 1.12. The number of likely N-dealkylation sites (tertiary alicyclic amines) is 1. The van der Waals surface area contributed by atoms with Gasteiger partial charge in [-0.05, 0) is 56.8 Å². The fourth-order valence-corrected chi connectivity index (χ4v) is 5.53. The molecule has 2 fully saturated rings. The van der Waals surface area contributed by atoms with Gasteiger partial charge < -0.3 is 5.32 Å². The molecule has 26 heavy (non-hydrogen) atoms. The summed E-state index contributed by atoms with van der Waals surface area (Å²) in [5, 5.41) is 4.56. The Bertz CT molecular complexity index is 718. The maximum atomic E-state index is 12.4. The highest BCUT2D eigenvalue weighted by Crippen LogP contribution is 2.33. The van der Waals surface area contributed by atoms with Crippen LogP contribution in [0.4, 0.5) is 0 Å². The number of nitrogens with one attached hydrogen (secondary N) is 1. The van der Waals surface area contributed by atoms with E-state index in [-0.39, 0.29) is 5.91 Å². The quantitative estimate of drug-likeness (QED) is 0.877. The van der Waals surface area contributed by atoms with Crippen molar-refractivity contribution in [3.05, 3.63) is 29.3 Å². The molecule has 2 aliphatic rings. The van der Waals surface area contributed by atoms with E-state index < -0.39 is 0 Å². The molecule has 2 atom stereocenters. The number of hydrogen-bond acceptors (Lipinski definition) is 4. The predicted molar refractivity (Wildman–Crippen MR) is 108 cm³/mol. The lowest BCUT2D eigenvalue weighted by atomic mass is 9.86. The first-order valence-electron chi connectivity index (χ1n) is 10.1. The molecule has 1 aliphatic heterocycles. The highest BCUT2D eigenvalue weighted by Gasteiger charge is 2.26. The first-order chi connectivity index (χ1) is 12.7. The maximum Gasteiger partial charge on any atom is 0.234 e. The van der Waals surface area contributed by atoms with Gasteiger partial charge in [0.2, 0.25) is 5.91 Å². The van der Waals surface area contributed by atoms with Crippen LogP contribution in [0.5, 0.6) is 0 Å². The average Bonchev–Trinajstić information content (AvgIpc) is 3.08. The van der Waals surface area contributed by atoms with E-state index in [0.717, 1.165) is 37.9 Å². The van der Waals surface area contributed by atoms with Crippen molar-refractivity contribution in [3.8, 4) is 0 Å². The molecule has 0 bridgehead atoms. The van der Waals surface area contributed by atoms with Crippen LogP contribution in [0.2, 0.25) is 0 Å². The van der Waals surface area contributed by atoms with Crippen LogP contribution < -0.4 is 5.32 Å². The number of amides is 1. The highest BCUT2D eigenvalue weighted by atomic mass is 32.1. The van der Waals surface area contributed by atoms with Gasteiger partial charge in [-0.1, -0.05) is 31.9 Å². The lowest BCUT2D eigenvalue weighted by molar-refractivity contribution is -0.123. The van der Waals surface area contributed by atoms with Gasteiger partial charge in [0.25, 0.3) is 0 Å². The fourth-order valence-electron chi connectivity index (χ4n) is 4.39. The molecule has 1 amide bonds. The summed E-state index contributed by atoms with van der Waals surface area (Å²) in [4.78, 5) is 19.6. The number of thiazole rings is 1. The Kier molecular flexibility index (Phi) is 5.55. The molecule has 4 rings (SSSR count). The van der Waals surface area contributed by atoms with E-state index >= 15 is 0 Å². The number of carbonyl (C=O) groups is 1. The SMILES string of the molecule is C[C@@H]1CCCC[C@@H]1NC(=O)CN1CCC(c2nc3ccccc3s2)CC1. The topological polar surface area (TPSA) is 45.2 Å². The van der Waals surface area contributed by atoms with E-state index in [9.17, 15) is 4.79 Å². The van der Waals surface area contributed by atoms with E-state index in [4.69, 9.17) is 4.98 Å². The van der Waals surface area contributed by atoms with E-state index in [1.54, 1.807) is 0 Å². The van der Waals surface area contributed by atoms with Gasteiger partial charge in [0, 0.05) is 12.0 Å². The summed E-state index contributed by atoms with van der Waals surface area (Å²) in [6.07, 6.45) is 7.17. The molecule has 0 unspecified atom stereocenters. The Morgan fingerprint density at radius 1 is 1.19 bits per heavy atom. The minimum atomic E-state index is 0.210. The zero-order valence-electron chi connectivity index (χ0n) is 15.6. The number of hydrogen-bond donors (Lipinski definition) is 1. The van der Waals surface area contributed by atoms with Crippen molar-refractivity contribution in [1.82, 2.24) is 15.2 Å². The molecule has 1 aromatic carbocycles. The summed E-state index contributed by atoms with van der Waals surface area (Å²) >= 11 is 1.83. The minimum absolute atomic E-state index is 0.210. The fraction of sp³-hybridized carbons (Fsp3) is 0.619. The van der Waals surface area contributed by atoms with E-state index in [0.29, 0.717) is 24.4 Å². The smallest absolute Gasteiger partial charge is 0.234 e. The van der Waals surface area contributed by atoms with Gasteiger partial charge in [-0.3, -0.25) is 9.69 Å². The third-order valence-corrected chi connectivity index (χ3v) is 7.27. The van der Waals surface area contributed by atoms with Crippen molar-refractivity contribution in [2.45, 2.75) is 57.4 Å². The van der Waals surface area contributed by atoms with Gasteiger partial charge >= 0.3 is 0 Å².